The van der Waals surface area contributed by atoms with Gasteiger partial charge in [0, 0.05) is 39.3 Å². The van der Waals surface area contributed by atoms with Crippen molar-refractivity contribution >= 4 is 12.0 Å². The van der Waals surface area contributed by atoms with Crippen molar-refractivity contribution < 1.29 is 14.3 Å². The molecular weight excluding hydrogens is 272 g/mol. The molecule has 7 heteroatoms. The maximum atomic E-state index is 11.7. The first-order valence-corrected chi connectivity index (χ1v) is 7.42. The van der Waals surface area contributed by atoms with Crippen LogP contribution in [0.4, 0.5) is 4.79 Å². The zero-order chi connectivity index (χ0) is 16.0. The van der Waals surface area contributed by atoms with E-state index in [-0.39, 0.29) is 5.91 Å². The van der Waals surface area contributed by atoms with E-state index in [1.807, 2.05) is 20.8 Å². The molecule has 0 bridgehead atoms. The number of rotatable bonds is 4. The van der Waals surface area contributed by atoms with Crippen molar-refractivity contribution in [3.05, 3.63) is 0 Å². The van der Waals surface area contributed by atoms with Crippen molar-refractivity contribution in [3.8, 4) is 0 Å². The number of nitrogens with two attached hydrogens (primary N) is 1. The van der Waals surface area contributed by atoms with Crippen LogP contribution >= 0.6 is 0 Å². The first-order chi connectivity index (χ1) is 9.69. The number of hydrogen-bond acceptors (Lipinski definition) is 5. The van der Waals surface area contributed by atoms with E-state index in [0.29, 0.717) is 19.6 Å². The van der Waals surface area contributed by atoms with Crippen LogP contribution in [0.2, 0.25) is 0 Å². The SMILES string of the molecule is C[C@H](N)C(=O)N1CCN(CCNC(=O)OC(C)(C)C)CC1. The Balaban J connectivity index is 2.19. The predicted molar refractivity (Wildman–Crippen MR) is 80.9 cm³/mol. The zero-order valence-electron chi connectivity index (χ0n) is 13.5. The zero-order valence-corrected chi connectivity index (χ0v) is 13.5. The second kappa shape index (κ2) is 7.61. The van der Waals surface area contributed by atoms with Crippen molar-refractivity contribution in [2.45, 2.75) is 39.3 Å². The molecule has 0 aromatic heterocycles. The lowest BCUT2D eigenvalue weighted by Crippen LogP contribution is -2.53. The summed E-state index contributed by atoms with van der Waals surface area (Å²) >= 11 is 0. The molecule has 0 saturated carbocycles. The molecule has 1 aliphatic rings. The van der Waals surface area contributed by atoms with Gasteiger partial charge in [-0.05, 0) is 27.7 Å². The minimum absolute atomic E-state index is 0.00142. The van der Waals surface area contributed by atoms with Crippen LogP contribution in [0.3, 0.4) is 0 Å². The van der Waals surface area contributed by atoms with Crippen LogP contribution < -0.4 is 11.1 Å². The lowest BCUT2D eigenvalue weighted by Gasteiger charge is -2.35. The second-order valence-electron chi connectivity index (χ2n) is 6.38. The van der Waals surface area contributed by atoms with Crippen LogP contribution in [0.5, 0.6) is 0 Å². The maximum absolute atomic E-state index is 11.7. The first-order valence-electron chi connectivity index (χ1n) is 7.42. The summed E-state index contributed by atoms with van der Waals surface area (Å²) in [6.45, 7) is 11.5. The third-order valence-corrected chi connectivity index (χ3v) is 3.17. The summed E-state index contributed by atoms with van der Waals surface area (Å²) < 4.78 is 5.17. The van der Waals surface area contributed by atoms with Crippen LogP contribution in [0.1, 0.15) is 27.7 Å². The van der Waals surface area contributed by atoms with Crippen LogP contribution in [-0.4, -0.2) is 72.7 Å². The maximum Gasteiger partial charge on any atom is 0.407 e. The molecule has 1 rings (SSSR count). The highest BCUT2D eigenvalue weighted by Crippen LogP contribution is 2.06. The minimum atomic E-state index is -0.477. The van der Waals surface area contributed by atoms with E-state index in [9.17, 15) is 9.59 Å². The third kappa shape index (κ3) is 6.77. The van der Waals surface area contributed by atoms with E-state index in [1.54, 1.807) is 11.8 Å². The Hall–Kier alpha value is -1.34. The lowest BCUT2D eigenvalue weighted by molar-refractivity contribution is -0.133. The molecule has 1 heterocycles. The molecule has 0 spiro atoms. The molecule has 2 amide bonds. The molecule has 0 radical (unpaired) electrons. The summed E-state index contributed by atoms with van der Waals surface area (Å²) in [4.78, 5) is 27.3. The summed E-state index contributed by atoms with van der Waals surface area (Å²) in [6, 6.07) is -0.439. The van der Waals surface area contributed by atoms with Crippen LogP contribution in [0, 0.1) is 0 Å². The highest BCUT2D eigenvalue weighted by Gasteiger charge is 2.23. The molecule has 0 aromatic carbocycles. The highest BCUT2D eigenvalue weighted by atomic mass is 16.6. The summed E-state index contributed by atoms with van der Waals surface area (Å²) in [7, 11) is 0. The molecular formula is C14H28N4O3. The quantitative estimate of drug-likeness (QED) is 0.763. The smallest absolute Gasteiger partial charge is 0.407 e. The molecule has 1 saturated heterocycles. The predicted octanol–water partition coefficient (Wildman–Crippen LogP) is 0.00250. The highest BCUT2D eigenvalue weighted by molar-refractivity contribution is 5.81. The average Bonchev–Trinajstić information content (AvgIpc) is 2.36. The van der Waals surface area contributed by atoms with Gasteiger partial charge in [0.15, 0.2) is 0 Å². The molecule has 0 aromatic rings. The number of hydrogen-bond donors (Lipinski definition) is 2. The van der Waals surface area contributed by atoms with Crippen LogP contribution in [-0.2, 0) is 9.53 Å². The van der Waals surface area contributed by atoms with E-state index in [0.717, 1.165) is 19.6 Å². The van der Waals surface area contributed by atoms with Gasteiger partial charge in [0.05, 0.1) is 6.04 Å². The van der Waals surface area contributed by atoms with Gasteiger partial charge >= 0.3 is 6.09 Å². The van der Waals surface area contributed by atoms with E-state index in [4.69, 9.17) is 10.5 Å². The Morgan fingerprint density at radius 1 is 1.24 bits per heavy atom. The van der Waals surface area contributed by atoms with E-state index < -0.39 is 17.7 Å². The largest absolute Gasteiger partial charge is 0.444 e. The van der Waals surface area contributed by atoms with E-state index in [1.165, 1.54) is 0 Å². The Bertz CT molecular complexity index is 358. The first kappa shape index (κ1) is 17.7. The topological polar surface area (TPSA) is 87.9 Å². The summed E-state index contributed by atoms with van der Waals surface area (Å²) in [5.41, 5.74) is 5.12. The average molecular weight is 300 g/mol. The third-order valence-electron chi connectivity index (χ3n) is 3.17. The van der Waals surface area contributed by atoms with Crippen molar-refractivity contribution in [3.63, 3.8) is 0 Å². The minimum Gasteiger partial charge on any atom is -0.444 e. The van der Waals surface area contributed by atoms with Crippen LogP contribution in [0.25, 0.3) is 0 Å². The molecule has 1 fully saturated rings. The van der Waals surface area contributed by atoms with Crippen molar-refractivity contribution in [2.75, 3.05) is 39.3 Å². The summed E-state index contributed by atoms with van der Waals surface area (Å²) in [5, 5.41) is 2.74. The fraction of sp³-hybridized carbons (Fsp3) is 0.857. The Kier molecular flexibility index (Phi) is 6.42. The van der Waals surface area contributed by atoms with Gasteiger partial charge in [-0.3, -0.25) is 9.69 Å². The van der Waals surface area contributed by atoms with Crippen LogP contribution in [0.15, 0.2) is 0 Å². The van der Waals surface area contributed by atoms with Gasteiger partial charge in [-0.2, -0.15) is 0 Å². The van der Waals surface area contributed by atoms with Gasteiger partial charge in [0.1, 0.15) is 5.60 Å². The number of ether oxygens (including phenoxy) is 1. The second-order valence-corrected chi connectivity index (χ2v) is 6.38. The van der Waals surface area contributed by atoms with Gasteiger partial charge in [0.25, 0.3) is 0 Å². The molecule has 1 aliphatic heterocycles. The number of carbonyl (C=O) groups excluding carboxylic acids is 2. The Labute approximate surface area is 126 Å². The Morgan fingerprint density at radius 3 is 2.29 bits per heavy atom. The number of carbonyl (C=O) groups is 2. The number of nitrogens with zero attached hydrogens (tertiary/aromatic N) is 2. The fourth-order valence-electron chi connectivity index (χ4n) is 2.11. The van der Waals surface area contributed by atoms with Gasteiger partial charge in [-0.1, -0.05) is 0 Å². The molecule has 1 atom stereocenters. The van der Waals surface area contributed by atoms with Gasteiger partial charge in [-0.25, -0.2) is 4.79 Å². The molecule has 0 unspecified atom stereocenters. The normalized spacial score (nSPS) is 18.2. The van der Waals surface area contributed by atoms with E-state index >= 15 is 0 Å². The van der Waals surface area contributed by atoms with Gasteiger partial charge in [0.2, 0.25) is 5.91 Å². The molecule has 122 valence electrons. The number of nitrogens with one attached hydrogen (secondary N) is 1. The Morgan fingerprint density at radius 2 is 1.81 bits per heavy atom. The summed E-state index contributed by atoms with van der Waals surface area (Å²) in [5.74, 6) is 0.00142. The summed E-state index contributed by atoms with van der Waals surface area (Å²) in [6.07, 6.45) is -0.395. The van der Waals surface area contributed by atoms with Crippen molar-refractivity contribution in [1.29, 1.82) is 0 Å². The van der Waals surface area contributed by atoms with Crippen molar-refractivity contribution in [2.24, 2.45) is 5.73 Å². The molecule has 3 N–H and O–H groups in total. The number of amides is 2. The van der Waals surface area contributed by atoms with E-state index in [2.05, 4.69) is 10.2 Å². The molecule has 7 nitrogen and oxygen atoms in total. The number of piperazine rings is 1. The number of alkyl carbamates (subject to hydrolysis) is 1. The lowest BCUT2D eigenvalue weighted by atomic mass is 10.2. The standard InChI is InChI=1S/C14H28N4O3/c1-11(15)12(19)18-9-7-17(8-10-18)6-5-16-13(20)21-14(2,3)4/h11H,5-10,15H2,1-4H3,(H,16,20)/t11-/m0/s1. The van der Waals surface area contributed by atoms with Crippen molar-refractivity contribution in [1.82, 2.24) is 15.1 Å². The monoisotopic (exact) mass is 300 g/mol. The van der Waals surface area contributed by atoms with Gasteiger partial charge < -0.3 is 20.7 Å². The fourth-order valence-corrected chi connectivity index (χ4v) is 2.11. The molecule has 0 aliphatic carbocycles. The molecule has 21 heavy (non-hydrogen) atoms. The van der Waals surface area contributed by atoms with Gasteiger partial charge in [-0.15, -0.1) is 0 Å².